The smallest absolute Gasteiger partial charge is 0.319 e. The van der Waals surface area contributed by atoms with Crippen LogP contribution < -0.4 is 10.6 Å². The minimum atomic E-state index is -0.683. The van der Waals surface area contributed by atoms with E-state index in [9.17, 15) is 18.4 Å². The van der Waals surface area contributed by atoms with Gasteiger partial charge in [-0.05, 0) is 49.2 Å². The Balaban J connectivity index is 1.27. The highest BCUT2D eigenvalue weighted by Gasteiger charge is 2.24. The van der Waals surface area contributed by atoms with Gasteiger partial charge in [0.1, 0.15) is 11.6 Å². The van der Waals surface area contributed by atoms with E-state index in [4.69, 9.17) is 0 Å². The van der Waals surface area contributed by atoms with Crippen molar-refractivity contribution in [1.82, 2.24) is 20.2 Å². The van der Waals surface area contributed by atoms with Gasteiger partial charge in [-0.3, -0.25) is 14.8 Å². The molecule has 1 aromatic carbocycles. The third kappa shape index (κ3) is 5.23. The fourth-order valence-electron chi connectivity index (χ4n) is 3.60. The topological polar surface area (TPSA) is 87.2 Å². The van der Waals surface area contributed by atoms with Crippen LogP contribution in [0.1, 0.15) is 23.2 Å². The number of anilines is 1. The van der Waals surface area contributed by atoms with Crippen LogP contribution in [-0.4, -0.2) is 45.9 Å². The number of aromatic nitrogens is 2. The highest BCUT2D eigenvalue weighted by Crippen LogP contribution is 2.21. The molecule has 0 atom stereocenters. The Kier molecular flexibility index (Phi) is 6.34. The molecule has 2 N–H and O–H groups in total. The van der Waals surface area contributed by atoms with Gasteiger partial charge in [0.2, 0.25) is 0 Å². The first kappa shape index (κ1) is 21.4. The van der Waals surface area contributed by atoms with Crippen molar-refractivity contribution in [2.75, 3.05) is 18.4 Å². The zero-order valence-corrected chi connectivity index (χ0v) is 17.1. The average molecular weight is 437 g/mol. The number of benzene rings is 1. The lowest BCUT2D eigenvalue weighted by Crippen LogP contribution is -2.47. The molecule has 4 rings (SSSR count). The van der Waals surface area contributed by atoms with E-state index in [1.54, 1.807) is 41.6 Å². The summed E-state index contributed by atoms with van der Waals surface area (Å²) < 4.78 is 26.8. The Morgan fingerprint density at radius 3 is 2.28 bits per heavy atom. The number of pyridine rings is 2. The second-order valence-corrected chi connectivity index (χ2v) is 7.49. The summed E-state index contributed by atoms with van der Waals surface area (Å²) in [6.45, 7) is 1.10. The summed E-state index contributed by atoms with van der Waals surface area (Å²) in [5.74, 6) is -1.41. The molecule has 0 radical (unpaired) electrons. The van der Waals surface area contributed by atoms with E-state index in [-0.39, 0.29) is 18.0 Å². The molecule has 1 saturated heterocycles. The number of amides is 3. The fourth-order valence-corrected chi connectivity index (χ4v) is 3.60. The number of rotatable bonds is 4. The average Bonchev–Trinajstić information content (AvgIpc) is 2.79. The summed E-state index contributed by atoms with van der Waals surface area (Å²) in [7, 11) is 0. The Morgan fingerprint density at radius 2 is 1.66 bits per heavy atom. The van der Waals surface area contributed by atoms with E-state index in [2.05, 4.69) is 20.6 Å². The number of nitrogens with zero attached hydrogens (tertiary/aromatic N) is 3. The largest absolute Gasteiger partial charge is 0.338 e. The van der Waals surface area contributed by atoms with E-state index in [1.807, 2.05) is 0 Å². The first-order chi connectivity index (χ1) is 15.5. The zero-order valence-electron chi connectivity index (χ0n) is 17.1. The lowest BCUT2D eigenvalue weighted by atomic mass is 10.0. The molecule has 9 heteroatoms. The monoisotopic (exact) mass is 437 g/mol. The number of carbonyl (C=O) groups is 2. The van der Waals surface area contributed by atoms with Crippen molar-refractivity contribution in [3.05, 3.63) is 78.3 Å². The van der Waals surface area contributed by atoms with Crippen LogP contribution in [0.5, 0.6) is 0 Å². The molecular weight excluding hydrogens is 416 g/mol. The summed E-state index contributed by atoms with van der Waals surface area (Å²) in [6, 6.07) is 9.30. The van der Waals surface area contributed by atoms with Crippen LogP contribution >= 0.6 is 0 Å². The fraction of sp³-hybridized carbons (Fsp3) is 0.217. The second kappa shape index (κ2) is 9.51. The molecule has 3 heterocycles. The third-order valence-electron chi connectivity index (χ3n) is 5.22. The first-order valence-electron chi connectivity index (χ1n) is 10.2. The molecule has 0 aliphatic carbocycles. The molecule has 1 aliphatic heterocycles. The van der Waals surface area contributed by atoms with Gasteiger partial charge in [-0.1, -0.05) is 0 Å². The molecule has 3 amide bonds. The van der Waals surface area contributed by atoms with E-state index in [0.29, 0.717) is 48.4 Å². The number of urea groups is 1. The SMILES string of the molecule is O=C(Nc1ccc(-c2cc(F)cc(F)c2)nc1)NC1CCN(C(=O)c2ccncc2)CC1. The zero-order chi connectivity index (χ0) is 22.5. The molecule has 0 unspecified atom stereocenters. The molecular formula is C23H21F2N5O2. The molecule has 164 valence electrons. The standard InChI is InChI=1S/C23H21F2N5O2/c24-17-11-16(12-18(25)13-17)21-2-1-20(14-27-21)29-23(32)28-19-5-9-30(10-6-19)22(31)15-3-7-26-8-4-15/h1-4,7-8,11-14,19H,5-6,9-10H2,(H2,28,29,32). The Morgan fingerprint density at radius 1 is 0.969 bits per heavy atom. The maximum Gasteiger partial charge on any atom is 0.319 e. The van der Waals surface area contributed by atoms with E-state index < -0.39 is 11.6 Å². The van der Waals surface area contributed by atoms with Gasteiger partial charge in [0.15, 0.2) is 0 Å². The van der Waals surface area contributed by atoms with Crippen LogP contribution in [0.3, 0.4) is 0 Å². The second-order valence-electron chi connectivity index (χ2n) is 7.49. The number of piperidine rings is 1. The minimum absolute atomic E-state index is 0.0420. The van der Waals surface area contributed by atoms with Gasteiger partial charge in [-0.25, -0.2) is 13.6 Å². The van der Waals surface area contributed by atoms with Crippen molar-refractivity contribution >= 4 is 17.6 Å². The predicted octanol–water partition coefficient (Wildman–Crippen LogP) is 3.85. The Bertz CT molecular complexity index is 1080. The van der Waals surface area contributed by atoms with Crippen LogP contribution in [0.2, 0.25) is 0 Å². The van der Waals surface area contributed by atoms with Crippen LogP contribution in [0, 0.1) is 11.6 Å². The van der Waals surface area contributed by atoms with Crippen molar-refractivity contribution in [3.8, 4) is 11.3 Å². The Hall–Kier alpha value is -3.88. The quantitative estimate of drug-likeness (QED) is 0.649. The van der Waals surface area contributed by atoms with Gasteiger partial charge in [0.25, 0.3) is 5.91 Å². The van der Waals surface area contributed by atoms with Crippen LogP contribution in [-0.2, 0) is 0 Å². The first-order valence-corrected chi connectivity index (χ1v) is 10.2. The highest BCUT2D eigenvalue weighted by molar-refractivity contribution is 5.94. The highest BCUT2D eigenvalue weighted by atomic mass is 19.1. The predicted molar refractivity (Wildman–Crippen MR) is 115 cm³/mol. The molecule has 3 aromatic rings. The van der Waals surface area contributed by atoms with Crippen molar-refractivity contribution < 1.29 is 18.4 Å². The lowest BCUT2D eigenvalue weighted by Gasteiger charge is -2.32. The van der Waals surface area contributed by atoms with E-state index >= 15 is 0 Å². The molecule has 2 aromatic heterocycles. The van der Waals surface area contributed by atoms with Gasteiger partial charge in [-0.15, -0.1) is 0 Å². The summed E-state index contributed by atoms with van der Waals surface area (Å²) in [5, 5.41) is 5.61. The van der Waals surface area contributed by atoms with Crippen LogP contribution in [0.25, 0.3) is 11.3 Å². The summed E-state index contributed by atoms with van der Waals surface area (Å²) in [4.78, 5) is 34.7. The van der Waals surface area contributed by atoms with E-state index in [0.717, 1.165) is 6.07 Å². The Labute approximate surface area is 183 Å². The van der Waals surface area contributed by atoms with Crippen molar-refractivity contribution in [1.29, 1.82) is 0 Å². The van der Waals surface area contributed by atoms with Gasteiger partial charge in [-0.2, -0.15) is 0 Å². The van der Waals surface area contributed by atoms with Crippen molar-refractivity contribution in [2.24, 2.45) is 0 Å². The summed E-state index contributed by atoms with van der Waals surface area (Å²) in [5.41, 5.74) is 1.75. The van der Waals surface area contributed by atoms with Gasteiger partial charge in [0, 0.05) is 48.7 Å². The minimum Gasteiger partial charge on any atom is -0.338 e. The lowest BCUT2D eigenvalue weighted by molar-refractivity contribution is 0.0708. The molecule has 0 spiro atoms. The van der Waals surface area contributed by atoms with Gasteiger partial charge in [0.05, 0.1) is 17.6 Å². The maximum atomic E-state index is 13.4. The van der Waals surface area contributed by atoms with Crippen LogP contribution in [0.15, 0.2) is 61.1 Å². The number of nitrogens with one attached hydrogen (secondary N) is 2. The summed E-state index contributed by atoms with van der Waals surface area (Å²) in [6.07, 6.45) is 5.89. The molecule has 32 heavy (non-hydrogen) atoms. The van der Waals surface area contributed by atoms with Crippen LogP contribution in [0.4, 0.5) is 19.3 Å². The normalized spacial score (nSPS) is 14.1. The number of likely N-dealkylation sites (tertiary alicyclic amines) is 1. The number of hydrogen-bond donors (Lipinski definition) is 2. The number of hydrogen-bond acceptors (Lipinski definition) is 4. The van der Waals surface area contributed by atoms with Crippen molar-refractivity contribution in [2.45, 2.75) is 18.9 Å². The number of carbonyl (C=O) groups excluding carboxylic acids is 2. The van der Waals surface area contributed by atoms with Crippen molar-refractivity contribution in [3.63, 3.8) is 0 Å². The maximum absolute atomic E-state index is 13.4. The van der Waals surface area contributed by atoms with Gasteiger partial charge < -0.3 is 15.5 Å². The molecule has 7 nitrogen and oxygen atoms in total. The molecule has 0 bridgehead atoms. The third-order valence-corrected chi connectivity index (χ3v) is 5.22. The van der Waals surface area contributed by atoms with E-state index in [1.165, 1.54) is 18.3 Å². The summed E-state index contributed by atoms with van der Waals surface area (Å²) >= 11 is 0. The molecule has 1 aliphatic rings. The van der Waals surface area contributed by atoms with Gasteiger partial charge >= 0.3 is 6.03 Å². The number of halogens is 2. The molecule has 0 saturated carbocycles. The molecule has 1 fully saturated rings.